The highest BCUT2D eigenvalue weighted by atomic mass is 35.5. The van der Waals surface area contributed by atoms with Crippen LogP contribution in [-0.4, -0.2) is 56.1 Å². The zero-order chi connectivity index (χ0) is 20.6. The zero-order valence-electron chi connectivity index (χ0n) is 15.8. The predicted octanol–water partition coefficient (Wildman–Crippen LogP) is 3.25. The van der Waals surface area contributed by atoms with Crippen LogP contribution in [0.2, 0.25) is 5.02 Å². The molecule has 2 aliphatic rings. The Labute approximate surface area is 174 Å². The summed E-state index contributed by atoms with van der Waals surface area (Å²) in [5, 5.41) is 0.539. The number of halogens is 1. The SMILES string of the molecule is CC1=C(c2ccc(Cl)cc2)S(=O)(=O)N=C1N1CCCN(C(=O)c2ccco2)CC1. The average molecular weight is 434 g/mol. The van der Waals surface area contributed by atoms with Crippen LogP contribution in [0.4, 0.5) is 0 Å². The molecule has 4 rings (SSSR count). The minimum absolute atomic E-state index is 0.160. The summed E-state index contributed by atoms with van der Waals surface area (Å²) >= 11 is 5.93. The second kappa shape index (κ2) is 7.68. The quantitative estimate of drug-likeness (QED) is 0.725. The Kier molecular flexibility index (Phi) is 5.23. The zero-order valence-corrected chi connectivity index (χ0v) is 17.4. The van der Waals surface area contributed by atoms with Gasteiger partial charge in [0, 0.05) is 36.8 Å². The van der Waals surface area contributed by atoms with Crippen LogP contribution >= 0.6 is 11.6 Å². The fourth-order valence-electron chi connectivity index (χ4n) is 3.67. The fraction of sp³-hybridized carbons (Fsp3) is 0.300. The van der Waals surface area contributed by atoms with E-state index in [0.29, 0.717) is 60.4 Å². The number of amidine groups is 1. The number of hydrogen-bond donors (Lipinski definition) is 0. The minimum atomic E-state index is -3.79. The Morgan fingerprint density at radius 2 is 1.86 bits per heavy atom. The minimum Gasteiger partial charge on any atom is -0.459 e. The fourth-order valence-corrected chi connectivity index (χ4v) is 5.28. The van der Waals surface area contributed by atoms with Gasteiger partial charge in [-0.25, -0.2) is 0 Å². The lowest BCUT2D eigenvalue weighted by molar-refractivity contribution is 0.0732. The van der Waals surface area contributed by atoms with Crippen LogP contribution in [0.1, 0.15) is 29.5 Å². The molecule has 1 amide bonds. The van der Waals surface area contributed by atoms with Crippen molar-refractivity contribution in [2.45, 2.75) is 13.3 Å². The van der Waals surface area contributed by atoms with E-state index in [1.807, 2.05) is 4.90 Å². The van der Waals surface area contributed by atoms with Gasteiger partial charge in [-0.2, -0.15) is 8.42 Å². The molecular weight excluding hydrogens is 414 g/mol. The van der Waals surface area contributed by atoms with Gasteiger partial charge < -0.3 is 14.2 Å². The molecule has 0 unspecified atom stereocenters. The van der Waals surface area contributed by atoms with Crippen molar-refractivity contribution in [2.75, 3.05) is 26.2 Å². The lowest BCUT2D eigenvalue weighted by Crippen LogP contribution is -2.37. The molecule has 0 bridgehead atoms. The van der Waals surface area contributed by atoms with E-state index in [4.69, 9.17) is 16.0 Å². The van der Waals surface area contributed by atoms with E-state index >= 15 is 0 Å². The van der Waals surface area contributed by atoms with Crippen LogP contribution in [-0.2, 0) is 10.0 Å². The molecule has 0 N–H and O–H groups in total. The predicted molar refractivity (Wildman–Crippen MR) is 111 cm³/mol. The van der Waals surface area contributed by atoms with Crippen molar-refractivity contribution in [1.82, 2.24) is 9.80 Å². The van der Waals surface area contributed by atoms with E-state index in [2.05, 4.69) is 4.40 Å². The van der Waals surface area contributed by atoms with Crippen LogP contribution < -0.4 is 0 Å². The number of benzene rings is 1. The van der Waals surface area contributed by atoms with Crippen LogP contribution in [0.25, 0.3) is 4.91 Å². The summed E-state index contributed by atoms with van der Waals surface area (Å²) in [7, 11) is -3.79. The summed E-state index contributed by atoms with van der Waals surface area (Å²) in [6, 6.07) is 10.0. The van der Waals surface area contributed by atoms with Crippen LogP contribution in [0.5, 0.6) is 0 Å². The number of furan rings is 1. The largest absolute Gasteiger partial charge is 0.459 e. The van der Waals surface area contributed by atoms with Gasteiger partial charge in [0.2, 0.25) is 0 Å². The van der Waals surface area contributed by atoms with E-state index in [9.17, 15) is 13.2 Å². The number of rotatable bonds is 2. The molecule has 7 nitrogen and oxygen atoms in total. The molecule has 152 valence electrons. The number of nitrogens with zero attached hydrogens (tertiary/aromatic N) is 3. The highest BCUT2D eigenvalue weighted by molar-refractivity contribution is 8.00. The Hall–Kier alpha value is -2.58. The molecule has 0 spiro atoms. The molecule has 0 saturated carbocycles. The molecule has 29 heavy (non-hydrogen) atoms. The van der Waals surface area contributed by atoms with E-state index in [-0.39, 0.29) is 10.8 Å². The van der Waals surface area contributed by atoms with Crippen molar-refractivity contribution in [3.63, 3.8) is 0 Å². The van der Waals surface area contributed by atoms with Gasteiger partial charge in [0.15, 0.2) is 5.76 Å². The maximum absolute atomic E-state index is 12.7. The summed E-state index contributed by atoms with van der Waals surface area (Å²) in [4.78, 5) is 16.4. The number of amides is 1. The summed E-state index contributed by atoms with van der Waals surface area (Å²) in [6.45, 7) is 3.91. The first-order chi connectivity index (χ1) is 13.9. The van der Waals surface area contributed by atoms with Gasteiger partial charge in [0.05, 0.1) is 6.26 Å². The molecule has 1 aromatic carbocycles. The van der Waals surface area contributed by atoms with E-state index in [1.54, 1.807) is 48.2 Å². The second-order valence-corrected chi connectivity index (χ2v) is 8.94. The molecule has 2 aromatic rings. The molecule has 2 aliphatic heterocycles. The van der Waals surface area contributed by atoms with Gasteiger partial charge >= 0.3 is 0 Å². The standard InChI is InChI=1S/C20H20ClN3O4S/c1-14-18(15-5-7-16(21)8-6-15)29(26,27)22-19(14)23-9-3-10-24(12-11-23)20(25)17-4-2-13-28-17/h2,4-8,13H,3,9-12H2,1H3. The smallest absolute Gasteiger partial charge is 0.289 e. The van der Waals surface area contributed by atoms with Crippen molar-refractivity contribution in [3.05, 3.63) is 64.6 Å². The third-order valence-electron chi connectivity index (χ3n) is 5.06. The molecule has 1 fully saturated rings. The molecule has 9 heteroatoms. The molecule has 1 aromatic heterocycles. The summed E-state index contributed by atoms with van der Waals surface area (Å²) in [6.07, 6.45) is 2.18. The molecule has 0 aliphatic carbocycles. The molecule has 0 radical (unpaired) electrons. The van der Waals surface area contributed by atoms with Gasteiger partial charge in [-0.15, -0.1) is 4.40 Å². The van der Waals surface area contributed by atoms with Gasteiger partial charge in [-0.1, -0.05) is 23.7 Å². The Balaban J connectivity index is 1.57. The van der Waals surface area contributed by atoms with Gasteiger partial charge in [0.25, 0.3) is 15.9 Å². The second-order valence-electron chi connectivity index (χ2n) is 6.96. The maximum atomic E-state index is 12.7. The number of hydrogen-bond acceptors (Lipinski definition) is 5. The van der Waals surface area contributed by atoms with Crippen molar-refractivity contribution in [1.29, 1.82) is 0 Å². The number of carbonyl (C=O) groups excluding carboxylic acids is 1. The van der Waals surface area contributed by atoms with Gasteiger partial charge in [-0.3, -0.25) is 4.79 Å². The molecule has 3 heterocycles. The monoisotopic (exact) mass is 433 g/mol. The van der Waals surface area contributed by atoms with Crippen LogP contribution in [0.15, 0.2) is 57.0 Å². The number of sulfonamides is 1. The summed E-state index contributed by atoms with van der Waals surface area (Å²) in [5.74, 6) is 0.592. The molecular formula is C20H20ClN3O4S. The maximum Gasteiger partial charge on any atom is 0.289 e. The Morgan fingerprint density at radius 3 is 2.55 bits per heavy atom. The first-order valence-corrected chi connectivity index (χ1v) is 11.1. The van der Waals surface area contributed by atoms with Gasteiger partial charge in [-0.05, 0) is 43.2 Å². The highest BCUT2D eigenvalue weighted by Crippen LogP contribution is 2.34. The Morgan fingerprint density at radius 1 is 1.10 bits per heavy atom. The lowest BCUT2D eigenvalue weighted by Gasteiger charge is -2.23. The average Bonchev–Trinajstić information content (AvgIpc) is 3.21. The summed E-state index contributed by atoms with van der Waals surface area (Å²) in [5.41, 5.74) is 1.17. The van der Waals surface area contributed by atoms with Gasteiger partial charge in [0.1, 0.15) is 10.7 Å². The third-order valence-corrected chi connectivity index (χ3v) is 6.78. The number of carbonyl (C=O) groups is 1. The van der Waals surface area contributed by atoms with Crippen LogP contribution in [0, 0.1) is 0 Å². The van der Waals surface area contributed by atoms with Crippen molar-refractivity contribution in [2.24, 2.45) is 4.40 Å². The molecule has 0 atom stereocenters. The van der Waals surface area contributed by atoms with E-state index in [0.717, 1.165) is 0 Å². The van der Waals surface area contributed by atoms with Crippen molar-refractivity contribution < 1.29 is 17.6 Å². The van der Waals surface area contributed by atoms with E-state index in [1.165, 1.54) is 6.26 Å². The highest BCUT2D eigenvalue weighted by Gasteiger charge is 2.34. The van der Waals surface area contributed by atoms with E-state index < -0.39 is 10.0 Å². The normalized spacial score (nSPS) is 19.3. The third kappa shape index (κ3) is 3.82. The lowest BCUT2D eigenvalue weighted by atomic mass is 10.1. The van der Waals surface area contributed by atoms with Crippen molar-refractivity contribution in [3.8, 4) is 0 Å². The van der Waals surface area contributed by atoms with Crippen molar-refractivity contribution >= 4 is 38.3 Å². The van der Waals surface area contributed by atoms with Crippen LogP contribution in [0.3, 0.4) is 0 Å². The first kappa shape index (κ1) is 19.7. The summed E-state index contributed by atoms with van der Waals surface area (Å²) < 4.78 is 34.7. The molecule has 1 saturated heterocycles. The Bertz CT molecular complexity index is 1090. The first-order valence-electron chi connectivity index (χ1n) is 9.27. The topological polar surface area (TPSA) is 83.2 Å².